The van der Waals surface area contributed by atoms with E-state index >= 15 is 0 Å². The van der Waals surface area contributed by atoms with Crippen molar-refractivity contribution in [2.24, 2.45) is 20.5 Å². The Labute approximate surface area is 133 Å². The summed E-state index contributed by atoms with van der Waals surface area (Å²) >= 11 is 0. The van der Waals surface area contributed by atoms with E-state index < -0.39 is 0 Å². The summed E-state index contributed by atoms with van der Waals surface area (Å²) in [6, 6.07) is 16.4. The molecule has 0 aromatic heterocycles. The highest BCUT2D eigenvalue weighted by Gasteiger charge is 2.12. The van der Waals surface area contributed by atoms with Crippen molar-refractivity contribution in [2.75, 3.05) is 12.8 Å². The van der Waals surface area contributed by atoms with Crippen LogP contribution in [0, 0.1) is 0 Å². The largest absolute Gasteiger partial charge is 0.505 e. The van der Waals surface area contributed by atoms with Crippen molar-refractivity contribution >= 4 is 33.5 Å². The van der Waals surface area contributed by atoms with Gasteiger partial charge in [-0.3, -0.25) is 0 Å². The minimum absolute atomic E-state index is 0.0205. The Kier molecular flexibility index (Phi) is 3.97. The van der Waals surface area contributed by atoms with Crippen molar-refractivity contribution in [2.45, 2.75) is 0 Å². The number of phenolic OH excluding ortho intramolecular Hbond substituents is 1. The topological polar surface area (TPSA) is 95.7 Å². The Bertz CT molecular complexity index is 904. The van der Waals surface area contributed by atoms with Gasteiger partial charge in [-0.2, -0.15) is 15.3 Å². The second-order valence-corrected chi connectivity index (χ2v) is 4.87. The molecule has 0 aliphatic rings. The minimum Gasteiger partial charge on any atom is -0.505 e. The van der Waals surface area contributed by atoms with Gasteiger partial charge in [0.05, 0.1) is 16.8 Å². The molecule has 0 amide bonds. The number of rotatable bonds is 3. The van der Waals surface area contributed by atoms with E-state index in [1.165, 1.54) is 0 Å². The fourth-order valence-corrected chi connectivity index (χ4v) is 2.29. The Morgan fingerprint density at radius 3 is 2.22 bits per heavy atom. The number of phenols is 1. The summed E-state index contributed by atoms with van der Waals surface area (Å²) in [4.78, 5) is 0. The molecule has 0 atom stereocenters. The van der Waals surface area contributed by atoms with Crippen LogP contribution in [0.25, 0.3) is 10.8 Å². The second kappa shape index (κ2) is 6.23. The number of aromatic hydroxyl groups is 1. The minimum atomic E-state index is -0.0205. The molecule has 3 rings (SSSR count). The summed E-state index contributed by atoms with van der Waals surface area (Å²) in [6.45, 7) is 0. The average Bonchev–Trinajstić information content (AvgIpc) is 2.58. The fraction of sp³-hybridized carbons (Fsp3) is 0.0588. The van der Waals surface area contributed by atoms with Gasteiger partial charge in [-0.15, -0.1) is 5.11 Å². The maximum atomic E-state index is 10.5. The van der Waals surface area contributed by atoms with E-state index in [0.717, 1.165) is 5.39 Å². The van der Waals surface area contributed by atoms with Gasteiger partial charge < -0.3 is 10.8 Å². The number of azo groups is 2. The molecular weight excluding hydrogens is 290 g/mol. The van der Waals surface area contributed by atoms with Crippen LogP contribution in [0.15, 0.2) is 75.1 Å². The highest BCUT2D eigenvalue weighted by atomic mass is 16.3. The molecule has 3 N–H and O–H groups in total. The summed E-state index contributed by atoms with van der Waals surface area (Å²) in [7, 11) is 1.56. The van der Waals surface area contributed by atoms with E-state index in [1.807, 2.05) is 42.5 Å². The number of fused-ring (bicyclic) bond motifs is 1. The zero-order valence-electron chi connectivity index (χ0n) is 12.5. The van der Waals surface area contributed by atoms with Crippen LogP contribution in [0.2, 0.25) is 0 Å². The molecule has 6 nitrogen and oxygen atoms in total. The third-order valence-electron chi connectivity index (χ3n) is 3.39. The number of nitrogens with zero attached hydrogens (tertiary/aromatic N) is 4. The highest BCUT2D eigenvalue weighted by molar-refractivity contribution is 6.04. The van der Waals surface area contributed by atoms with Crippen molar-refractivity contribution in [3.8, 4) is 5.75 Å². The first-order valence-electron chi connectivity index (χ1n) is 7.01. The van der Waals surface area contributed by atoms with Gasteiger partial charge in [0.15, 0.2) is 5.75 Å². The van der Waals surface area contributed by atoms with Crippen molar-refractivity contribution in [1.29, 1.82) is 0 Å². The Morgan fingerprint density at radius 2 is 1.52 bits per heavy atom. The molecule has 0 heterocycles. The van der Waals surface area contributed by atoms with Crippen LogP contribution in [0.5, 0.6) is 5.75 Å². The lowest BCUT2D eigenvalue weighted by atomic mass is 10.1. The summed E-state index contributed by atoms with van der Waals surface area (Å²) < 4.78 is 0. The predicted octanol–water partition coefficient (Wildman–Crippen LogP) is 5.26. The molecule has 0 aliphatic heterocycles. The maximum absolute atomic E-state index is 10.5. The molecule has 114 valence electrons. The lowest BCUT2D eigenvalue weighted by Crippen LogP contribution is -1.88. The van der Waals surface area contributed by atoms with Crippen LogP contribution in [0.3, 0.4) is 0 Å². The van der Waals surface area contributed by atoms with Crippen molar-refractivity contribution in [1.82, 2.24) is 0 Å². The number of benzene rings is 3. The molecule has 0 radical (unpaired) electrons. The van der Waals surface area contributed by atoms with Crippen molar-refractivity contribution in [3.05, 3.63) is 54.6 Å². The smallest absolute Gasteiger partial charge is 0.153 e. The first-order chi connectivity index (χ1) is 11.2. The maximum Gasteiger partial charge on any atom is 0.153 e. The van der Waals surface area contributed by atoms with Crippen LogP contribution in [0.4, 0.5) is 22.7 Å². The Hall–Kier alpha value is -3.28. The van der Waals surface area contributed by atoms with Gasteiger partial charge in [-0.05, 0) is 29.7 Å². The lowest BCUT2D eigenvalue weighted by Gasteiger charge is -2.08. The van der Waals surface area contributed by atoms with Crippen LogP contribution in [0.1, 0.15) is 0 Å². The van der Waals surface area contributed by atoms with E-state index in [9.17, 15) is 5.11 Å². The first-order valence-corrected chi connectivity index (χ1v) is 7.01. The van der Waals surface area contributed by atoms with Gasteiger partial charge in [-0.1, -0.05) is 30.3 Å². The predicted molar refractivity (Wildman–Crippen MR) is 91.1 cm³/mol. The van der Waals surface area contributed by atoms with Crippen LogP contribution in [-0.4, -0.2) is 12.2 Å². The average molecular weight is 305 g/mol. The fourth-order valence-electron chi connectivity index (χ4n) is 2.29. The molecule has 3 aromatic carbocycles. The standard InChI is InChI=1S/C17H15N5O/c1-19-21-13-9-7-11-8-10-14(17(23)15(11)16(13)18)22-20-12-5-3-2-4-6-12/h2-10,23H,18H2,1H3. The van der Waals surface area contributed by atoms with E-state index in [2.05, 4.69) is 20.5 Å². The number of hydrogen-bond acceptors (Lipinski definition) is 6. The number of hydrogen-bond donors (Lipinski definition) is 2. The highest BCUT2D eigenvalue weighted by Crippen LogP contribution is 2.42. The van der Waals surface area contributed by atoms with Crippen molar-refractivity contribution < 1.29 is 5.11 Å². The van der Waals surface area contributed by atoms with Crippen molar-refractivity contribution in [3.63, 3.8) is 0 Å². The zero-order chi connectivity index (χ0) is 16.2. The van der Waals surface area contributed by atoms with Gasteiger partial charge in [0, 0.05) is 7.05 Å². The molecule has 0 bridgehead atoms. The quantitative estimate of drug-likeness (QED) is 0.510. The summed E-state index contributed by atoms with van der Waals surface area (Å²) in [5.41, 5.74) is 8.01. The Morgan fingerprint density at radius 1 is 0.826 bits per heavy atom. The number of nitrogens with two attached hydrogens (primary N) is 1. The molecule has 0 unspecified atom stereocenters. The van der Waals surface area contributed by atoms with E-state index in [4.69, 9.17) is 5.73 Å². The van der Waals surface area contributed by atoms with Crippen LogP contribution < -0.4 is 5.73 Å². The molecule has 6 heteroatoms. The summed E-state index contributed by atoms with van der Waals surface area (Å²) in [5.74, 6) is -0.0205. The summed E-state index contributed by atoms with van der Waals surface area (Å²) in [5, 5.41) is 27.7. The molecular formula is C17H15N5O. The van der Waals surface area contributed by atoms with E-state index in [-0.39, 0.29) is 5.75 Å². The number of nitrogen functional groups attached to an aromatic ring is 1. The van der Waals surface area contributed by atoms with Crippen LogP contribution in [-0.2, 0) is 0 Å². The van der Waals surface area contributed by atoms with E-state index in [0.29, 0.717) is 28.1 Å². The first kappa shape index (κ1) is 14.6. The molecule has 0 saturated carbocycles. The van der Waals surface area contributed by atoms with Crippen LogP contribution >= 0.6 is 0 Å². The normalized spacial score (nSPS) is 11.7. The Balaban J connectivity index is 2.11. The van der Waals surface area contributed by atoms with Gasteiger partial charge in [-0.25, -0.2) is 0 Å². The molecule has 0 aliphatic carbocycles. The third-order valence-corrected chi connectivity index (χ3v) is 3.39. The van der Waals surface area contributed by atoms with Gasteiger partial charge in [0.2, 0.25) is 0 Å². The number of anilines is 1. The monoisotopic (exact) mass is 305 g/mol. The van der Waals surface area contributed by atoms with Gasteiger partial charge >= 0.3 is 0 Å². The SMILES string of the molecule is CN=Nc1ccc2ccc(N=Nc3ccccc3)c(O)c2c1N. The summed E-state index contributed by atoms with van der Waals surface area (Å²) in [6.07, 6.45) is 0. The van der Waals surface area contributed by atoms with Gasteiger partial charge in [0.1, 0.15) is 11.4 Å². The van der Waals surface area contributed by atoms with Gasteiger partial charge in [0.25, 0.3) is 0 Å². The third kappa shape index (κ3) is 2.87. The zero-order valence-corrected chi connectivity index (χ0v) is 12.5. The molecule has 23 heavy (non-hydrogen) atoms. The molecule has 0 fully saturated rings. The lowest BCUT2D eigenvalue weighted by molar-refractivity contribution is 0.483. The molecule has 0 saturated heterocycles. The molecule has 0 spiro atoms. The second-order valence-electron chi connectivity index (χ2n) is 4.87. The van der Waals surface area contributed by atoms with E-state index in [1.54, 1.807) is 19.2 Å². The molecule has 3 aromatic rings.